The molecular formula is C30H34O6. The molecule has 0 aliphatic carbocycles. The Bertz CT molecular complexity index is 1320. The zero-order valence-electron chi connectivity index (χ0n) is 21.8. The lowest BCUT2D eigenvalue weighted by atomic mass is 10.1. The predicted octanol–water partition coefficient (Wildman–Crippen LogP) is 7.26. The predicted molar refractivity (Wildman–Crippen MR) is 142 cm³/mol. The average Bonchev–Trinajstić information content (AvgIpc) is 2.80. The summed E-state index contributed by atoms with van der Waals surface area (Å²) in [6, 6.07) is 13.6. The summed E-state index contributed by atoms with van der Waals surface area (Å²) in [5.41, 5.74) is 1.69. The maximum Gasteiger partial charge on any atom is 0.383 e. The lowest BCUT2D eigenvalue weighted by Crippen LogP contribution is -2.23. The van der Waals surface area contributed by atoms with Crippen molar-refractivity contribution in [1.82, 2.24) is 0 Å². The quantitative estimate of drug-likeness (QED) is 0.178. The highest BCUT2D eigenvalue weighted by Crippen LogP contribution is 2.40. The van der Waals surface area contributed by atoms with Crippen molar-refractivity contribution in [2.45, 2.75) is 60.0 Å². The van der Waals surface area contributed by atoms with Crippen LogP contribution in [0.4, 0.5) is 0 Å². The second-order valence-electron chi connectivity index (χ2n) is 9.83. The first-order chi connectivity index (χ1) is 17.0. The van der Waals surface area contributed by atoms with E-state index in [4.69, 9.17) is 18.6 Å². The van der Waals surface area contributed by atoms with E-state index in [-0.39, 0.29) is 23.7 Å². The Labute approximate surface area is 212 Å². The highest BCUT2D eigenvalue weighted by atomic mass is 16.6. The van der Waals surface area contributed by atoms with Gasteiger partial charge in [0.15, 0.2) is 5.75 Å². The van der Waals surface area contributed by atoms with Gasteiger partial charge in [-0.25, -0.2) is 9.59 Å². The number of hydrogen-bond donors (Lipinski definition) is 0. The average molecular weight is 491 g/mol. The Balaban J connectivity index is 2.04. The van der Waals surface area contributed by atoms with Crippen molar-refractivity contribution in [2.24, 2.45) is 0 Å². The maximum atomic E-state index is 13.0. The van der Waals surface area contributed by atoms with Gasteiger partial charge < -0.3 is 18.6 Å². The fourth-order valence-corrected chi connectivity index (χ4v) is 3.49. The van der Waals surface area contributed by atoms with Gasteiger partial charge in [0.05, 0.1) is 5.56 Å². The molecule has 0 unspecified atom stereocenters. The molecule has 3 rings (SSSR count). The summed E-state index contributed by atoms with van der Waals surface area (Å²) >= 11 is 0. The standard InChI is InChI=1S/C30H34O6/c1-20(2)12-10-13-21(3)18-19-33-27-26(35-28(31)22-14-8-7-9-15-22)25-23(34-29(27)32)16-11-17-24(25)36-30(4,5)6/h7-9,11-12,14-18H,10,13,19H2,1-6H3. The molecule has 6 nitrogen and oxygen atoms in total. The van der Waals surface area contributed by atoms with Gasteiger partial charge in [-0.3, -0.25) is 0 Å². The minimum Gasteiger partial charge on any atom is -0.487 e. The van der Waals surface area contributed by atoms with Gasteiger partial charge in [0.1, 0.15) is 28.9 Å². The number of benzene rings is 2. The van der Waals surface area contributed by atoms with E-state index in [0.29, 0.717) is 16.7 Å². The number of carbonyl (C=O) groups excluding carboxylic acids is 1. The SMILES string of the molecule is CC(C)=CCCC(C)=CCOc1c(OC(=O)c2ccccc2)c2c(OC(C)(C)C)cccc2oc1=O. The topological polar surface area (TPSA) is 75.0 Å². The van der Waals surface area contributed by atoms with Crippen LogP contribution in [0.5, 0.6) is 17.2 Å². The molecule has 0 radical (unpaired) electrons. The minimum atomic E-state index is -0.734. The molecule has 1 heterocycles. The third-order valence-corrected chi connectivity index (χ3v) is 5.18. The zero-order chi connectivity index (χ0) is 26.3. The molecule has 0 aliphatic rings. The van der Waals surface area contributed by atoms with Gasteiger partial charge in [0, 0.05) is 0 Å². The van der Waals surface area contributed by atoms with E-state index in [1.165, 1.54) is 5.57 Å². The molecule has 0 N–H and O–H groups in total. The lowest BCUT2D eigenvalue weighted by Gasteiger charge is -2.23. The Morgan fingerprint density at radius 1 is 0.944 bits per heavy atom. The van der Waals surface area contributed by atoms with Gasteiger partial charge in [-0.1, -0.05) is 41.5 Å². The molecule has 0 amide bonds. The Kier molecular flexibility index (Phi) is 8.75. The summed E-state index contributed by atoms with van der Waals surface area (Å²) in [5.74, 6) is -0.403. The molecule has 2 aromatic carbocycles. The lowest BCUT2D eigenvalue weighted by molar-refractivity contribution is 0.0729. The summed E-state index contributed by atoms with van der Waals surface area (Å²) < 4.78 is 23.3. The van der Waals surface area contributed by atoms with Crippen molar-refractivity contribution < 1.29 is 23.4 Å². The fourth-order valence-electron chi connectivity index (χ4n) is 3.49. The van der Waals surface area contributed by atoms with E-state index in [0.717, 1.165) is 18.4 Å². The van der Waals surface area contributed by atoms with Crippen LogP contribution in [-0.4, -0.2) is 18.2 Å². The number of esters is 1. The van der Waals surface area contributed by atoms with E-state index in [1.54, 1.807) is 48.5 Å². The van der Waals surface area contributed by atoms with Gasteiger partial charge >= 0.3 is 11.6 Å². The van der Waals surface area contributed by atoms with Crippen molar-refractivity contribution in [3.8, 4) is 17.2 Å². The van der Waals surface area contributed by atoms with Crippen LogP contribution in [0.3, 0.4) is 0 Å². The van der Waals surface area contributed by atoms with Crippen LogP contribution in [0.2, 0.25) is 0 Å². The largest absolute Gasteiger partial charge is 0.487 e. The number of fused-ring (bicyclic) bond motifs is 1. The summed E-state index contributed by atoms with van der Waals surface area (Å²) in [4.78, 5) is 25.9. The fraction of sp³-hybridized carbons (Fsp3) is 0.333. The van der Waals surface area contributed by atoms with E-state index in [2.05, 4.69) is 19.9 Å². The van der Waals surface area contributed by atoms with Gasteiger partial charge in [0.25, 0.3) is 0 Å². The molecule has 6 heteroatoms. The molecule has 0 fully saturated rings. The molecule has 0 spiro atoms. The molecule has 0 aliphatic heterocycles. The van der Waals surface area contributed by atoms with Gasteiger partial charge in [-0.15, -0.1) is 0 Å². The highest BCUT2D eigenvalue weighted by Gasteiger charge is 2.25. The first-order valence-electron chi connectivity index (χ1n) is 12.0. The molecular weight excluding hydrogens is 456 g/mol. The zero-order valence-corrected chi connectivity index (χ0v) is 21.8. The first-order valence-corrected chi connectivity index (χ1v) is 12.0. The highest BCUT2D eigenvalue weighted by molar-refractivity contribution is 5.97. The van der Waals surface area contributed by atoms with Crippen molar-refractivity contribution >= 4 is 16.9 Å². The van der Waals surface area contributed by atoms with E-state index in [1.807, 2.05) is 33.8 Å². The number of carbonyl (C=O) groups is 1. The number of allylic oxidation sites excluding steroid dienone is 3. The summed E-state index contributed by atoms with van der Waals surface area (Å²) in [6.07, 6.45) is 5.88. The van der Waals surface area contributed by atoms with E-state index in [9.17, 15) is 9.59 Å². The van der Waals surface area contributed by atoms with Crippen LogP contribution < -0.4 is 19.8 Å². The molecule has 190 valence electrons. The number of hydrogen-bond acceptors (Lipinski definition) is 6. The molecule has 0 atom stereocenters. The van der Waals surface area contributed by atoms with Crippen LogP contribution >= 0.6 is 0 Å². The third-order valence-electron chi connectivity index (χ3n) is 5.18. The van der Waals surface area contributed by atoms with Gasteiger partial charge in [-0.05, 0) is 84.7 Å². The van der Waals surface area contributed by atoms with Crippen molar-refractivity contribution in [3.63, 3.8) is 0 Å². The summed E-state index contributed by atoms with van der Waals surface area (Å²) in [6.45, 7) is 12.0. The van der Waals surface area contributed by atoms with E-state index >= 15 is 0 Å². The van der Waals surface area contributed by atoms with Crippen LogP contribution in [0.15, 0.2) is 81.0 Å². The Hall–Kier alpha value is -3.80. The van der Waals surface area contributed by atoms with Gasteiger partial charge in [0.2, 0.25) is 5.75 Å². The maximum absolute atomic E-state index is 13.0. The Morgan fingerprint density at radius 3 is 2.33 bits per heavy atom. The minimum absolute atomic E-state index is 0.0226. The normalized spacial score (nSPS) is 11.8. The molecule has 3 aromatic rings. The molecule has 0 saturated carbocycles. The van der Waals surface area contributed by atoms with Crippen LogP contribution in [0.25, 0.3) is 11.0 Å². The van der Waals surface area contributed by atoms with E-state index < -0.39 is 17.2 Å². The van der Waals surface area contributed by atoms with Gasteiger partial charge in [-0.2, -0.15) is 0 Å². The van der Waals surface area contributed by atoms with Crippen LogP contribution in [0.1, 0.15) is 64.7 Å². The monoisotopic (exact) mass is 490 g/mol. The second kappa shape index (κ2) is 11.8. The van der Waals surface area contributed by atoms with Crippen molar-refractivity contribution in [1.29, 1.82) is 0 Å². The summed E-state index contributed by atoms with van der Waals surface area (Å²) in [5, 5.41) is 0.357. The molecule has 0 bridgehead atoms. The molecule has 0 saturated heterocycles. The van der Waals surface area contributed by atoms with Crippen LogP contribution in [0, 0.1) is 0 Å². The second-order valence-corrected chi connectivity index (χ2v) is 9.83. The smallest absolute Gasteiger partial charge is 0.383 e. The Morgan fingerprint density at radius 2 is 1.67 bits per heavy atom. The molecule has 36 heavy (non-hydrogen) atoms. The van der Waals surface area contributed by atoms with Crippen molar-refractivity contribution in [2.75, 3.05) is 6.61 Å². The third kappa shape index (κ3) is 7.35. The number of rotatable bonds is 9. The number of ether oxygens (including phenoxy) is 3. The summed E-state index contributed by atoms with van der Waals surface area (Å²) in [7, 11) is 0. The first kappa shape index (κ1) is 26.8. The van der Waals surface area contributed by atoms with Crippen molar-refractivity contribution in [3.05, 3.63) is 87.8 Å². The van der Waals surface area contributed by atoms with Crippen LogP contribution in [-0.2, 0) is 0 Å². The molecule has 1 aromatic heterocycles.